The molecule has 3 aromatic rings. The standard InChI is InChI=1S/C21H22FN5O2/c1-12(2)10-27-11-19(25-26-27)17-9-14(7-8-18(17)22)24-21(29)16-6-4-5-15(13(16)3)20(23)28/h4-9,11-12H,10H2,1-3H3,(H2,23,28)(H,24,29). The Morgan fingerprint density at radius 2 is 1.93 bits per heavy atom. The van der Waals surface area contributed by atoms with Gasteiger partial charge in [0.2, 0.25) is 5.91 Å². The van der Waals surface area contributed by atoms with Gasteiger partial charge >= 0.3 is 0 Å². The van der Waals surface area contributed by atoms with Crippen molar-refractivity contribution in [1.82, 2.24) is 15.0 Å². The van der Waals surface area contributed by atoms with Gasteiger partial charge in [0.05, 0.1) is 6.20 Å². The zero-order chi connectivity index (χ0) is 21.1. The highest BCUT2D eigenvalue weighted by Gasteiger charge is 2.16. The van der Waals surface area contributed by atoms with Gasteiger partial charge in [-0.25, -0.2) is 4.39 Å². The number of hydrogen-bond donors (Lipinski definition) is 2. The lowest BCUT2D eigenvalue weighted by Crippen LogP contribution is -2.18. The third-order valence-electron chi connectivity index (χ3n) is 4.43. The molecule has 2 amide bonds. The molecule has 1 heterocycles. The number of anilines is 1. The molecule has 0 atom stereocenters. The lowest BCUT2D eigenvalue weighted by atomic mass is 10.0. The monoisotopic (exact) mass is 395 g/mol. The van der Waals surface area contributed by atoms with Crippen LogP contribution in [0.25, 0.3) is 11.3 Å². The van der Waals surface area contributed by atoms with Crippen LogP contribution in [0.15, 0.2) is 42.6 Å². The highest BCUT2D eigenvalue weighted by atomic mass is 19.1. The largest absolute Gasteiger partial charge is 0.366 e. The molecule has 3 N–H and O–H groups in total. The van der Waals surface area contributed by atoms with Gasteiger partial charge in [-0.05, 0) is 48.7 Å². The lowest BCUT2D eigenvalue weighted by Gasteiger charge is -2.11. The van der Waals surface area contributed by atoms with Crippen molar-refractivity contribution in [2.45, 2.75) is 27.3 Å². The second-order valence-electron chi connectivity index (χ2n) is 7.21. The number of carbonyl (C=O) groups excluding carboxylic acids is 2. The summed E-state index contributed by atoms with van der Waals surface area (Å²) in [6.07, 6.45) is 1.67. The number of halogens is 1. The van der Waals surface area contributed by atoms with Crippen molar-refractivity contribution in [1.29, 1.82) is 0 Å². The summed E-state index contributed by atoms with van der Waals surface area (Å²) < 4.78 is 16.0. The maximum absolute atomic E-state index is 14.4. The first-order valence-corrected chi connectivity index (χ1v) is 9.17. The van der Waals surface area contributed by atoms with Crippen LogP contribution in [0.5, 0.6) is 0 Å². The van der Waals surface area contributed by atoms with Crippen molar-refractivity contribution >= 4 is 17.5 Å². The van der Waals surface area contributed by atoms with Gasteiger partial charge in [-0.1, -0.05) is 25.1 Å². The summed E-state index contributed by atoms with van der Waals surface area (Å²) in [6.45, 7) is 6.42. The number of hydrogen-bond acceptors (Lipinski definition) is 4. The number of benzene rings is 2. The van der Waals surface area contributed by atoms with Gasteiger partial charge < -0.3 is 11.1 Å². The maximum Gasteiger partial charge on any atom is 0.255 e. The van der Waals surface area contributed by atoms with Crippen molar-refractivity contribution in [3.63, 3.8) is 0 Å². The minimum absolute atomic E-state index is 0.236. The Balaban J connectivity index is 1.87. The second kappa shape index (κ2) is 8.22. The summed E-state index contributed by atoms with van der Waals surface area (Å²) in [6, 6.07) is 8.97. The molecule has 1 aromatic heterocycles. The highest BCUT2D eigenvalue weighted by molar-refractivity contribution is 6.07. The van der Waals surface area contributed by atoms with Crippen molar-refractivity contribution in [3.05, 3.63) is 65.1 Å². The molecule has 0 bridgehead atoms. The van der Waals surface area contributed by atoms with Gasteiger partial charge in [0.1, 0.15) is 11.5 Å². The Bertz CT molecular complexity index is 1070. The summed E-state index contributed by atoms with van der Waals surface area (Å²) in [5, 5.41) is 10.8. The van der Waals surface area contributed by atoms with Gasteiger partial charge in [0, 0.05) is 28.9 Å². The topological polar surface area (TPSA) is 103 Å². The first kappa shape index (κ1) is 20.2. The molecule has 0 fully saturated rings. The predicted molar refractivity (Wildman–Crippen MR) is 108 cm³/mol. The van der Waals surface area contributed by atoms with E-state index in [1.807, 2.05) is 13.8 Å². The van der Waals surface area contributed by atoms with E-state index >= 15 is 0 Å². The number of rotatable bonds is 6. The molecule has 0 unspecified atom stereocenters. The zero-order valence-electron chi connectivity index (χ0n) is 16.4. The van der Waals surface area contributed by atoms with E-state index in [0.717, 1.165) is 0 Å². The molecule has 0 aliphatic carbocycles. The number of carbonyl (C=O) groups is 2. The first-order valence-electron chi connectivity index (χ1n) is 9.17. The van der Waals surface area contributed by atoms with E-state index in [0.29, 0.717) is 35.0 Å². The van der Waals surface area contributed by atoms with Crippen LogP contribution in [-0.2, 0) is 6.54 Å². The van der Waals surface area contributed by atoms with Gasteiger partial charge in [-0.15, -0.1) is 5.10 Å². The number of primary amides is 1. The third-order valence-corrected chi connectivity index (χ3v) is 4.43. The fourth-order valence-electron chi connectivity index (χ4n) is 3.03. The molecule has 0 saturated heterocycles. The SMILES string of the molecule is Cc1c(C(N)=O)cccc1C(=O)Nc1ccc(F)c(-c2cn(CC(C)C)nn2)c1. The average molecular weight is 395 g/mol. The lowest BCUT2D eigenvalue weighted by molar-refractivity contribution is 0.0999. The Labute approximate surface area is 167 Å². The van der Waals surface area contributed by atoms with E-state index in [1.54, 1.807) is 36.0 Å². The molecule has 0 saturated carbocycles. The van der Waals surface area contributed by atoms with Crippen molar-refractivity contribution in [2.24, 2.45) is 11.7 Å². The van der Waals surface area contributed by atoms with Crippen LogP contribution in [0, 0.1) is 18.7 Å². The zero-order valence-corrected chi connectivity index (χ0v) is 16.4. The van der Waals surface area contributed by atoms with Gasteiger partial charge in [-0.2, -0.15) is 0 Å². The molecule has 0 spiro atoms. The molecular formula is C21H22FN5O2. The summed E-state index contributed by atoms with van der Waals surface area (Å²) in [5.41, 5.74) is 7.43. The van der Waals surface area contributed by atoms with Crippen LogP contribution in [0.3, 0.4) is 0 Å². The van der Waals surface area contributed by atoms with Crippen molar-refractivity contribution in [3.8, 4) is 11.3 Å². The predicted octanol–water partition coefficient (Wildman–Crippen LogP) is 3.40. The van der Waals surface area contributed by atoms with Crippen LogP contribution in [0.2, 0.25) is 0 Å². The fraction of sp³-hybridized carbons (Fsp3) is 0.238. The van der Waals surface area contributed by atoms with Crippen LogP contribution in [0.1, 0.15) is 40.1 Å². The van der Waals surface area contributed by atoms with Crippen LogP contribution < -0.4 is 11.1 Å². The molecule has 7 nitrogen and oxygen atoms in total. The molecule has 29 heavy (non-hydrogen) atoms. The van der Waals surface area contributed by atoms with E-state index in [-0.39, 0.29) is 11.1 Å². The van der Waals surface area contributed by atoms with E-state index in [9.17, 15) is 14.0 Å². The highest BCUT2D eigenvalue weighted by Crippen LogP contribution is 2.25. The van der Waals surface area contributed by atoms with Crippen LogP contribution >= 0.6 is 0 Å². The third kappa shape index (κ3) is 4.48. The molecular weight excluding hydrogens is 373 g/mol. The number of nitrogens with zero attached hydrogens (tertiary/aromatic N) is 3. The first-order chi connectivity index (χ1) is 13.8. The fourth-order valence-corrected chi connectivity index (χ4v) is 3.03. The summed E-state index contributed by atoms with van der Waals surface area (Å²) in [7, 11) is 0. The van der Waals surface area contributed by atoms with Gasteiger partial charge in [0.25, 0.3) is 5.91 Å². The molecule has 150 valence electrons. The number of nitrogens with two attached hydrogens (primary N) is 1. The summed E-state index contributed by atoms with van der Waals surface area (Å²) in [5.74, 6) is -1.12. The normalized spacial score (nSPS) is 10.9. The van der Waals surface area contributed by atoms with Gasteiger partial charge in [-0.3, -0.25) is 14.3 Å². The molecule has 3 rings (SSSR count). The molecule has 0 aliphatic heterocycles. The Hall–Kier alpha value is -3.55. The smallest absolute Gasteiger partial charge is 0.255 e. The molecule has 2 aromatic carbocycles. The van der Waals surface area contributed by atoms with Crippen molar-refractivity contribution < 1.29 is 14.0 Å². The van der Waals surface area contributed by atoms with Crippen LogP contribution in [-0.4, -0.2) is 26.8 Å². The Morgan fingerprint density at radius 1 is 1.21 bits per heavy atom. The quantitative estimate of drug-likeness (QED) is 0.668. The van der Waals surface area contributed by atoms with E-state index in [2.05, 4.69) is 15.6 Å². The van der Waals surface area contributed by atoms with Gasteiger partial charge in [0.15, 0.2) is 0 Å². The Morgan fingerprint density at radius 3 is 2.62 bits per heavy atom. The molecule has 8 heteroatoms. The Kier molecular flexibility index (Phi) is 5.72. The number of aromatic nitrogens is 3. The maximum atomic E-state index is 14.4. The van der Waals surface area contributed by atoms with E-state index < -0.39 is 17.6 Å². The van der Waals surface area contributed by atoms with Crippen LogP contribution in [0.4, 0.5) is 10.1 Å². The number of amides is 2. The minimum atomic E-state index is -0.606. The van der Waals surface area contributed by atoms with E-state index in [1.165, 1.54) is 18.2 Å². The molecule has 0 radical (unpaired) electrons. The minimum Gasteiger partial charge on any atom is -0.366 e. The molecule has 0 aliphatic rings. The second-order valence-corrected chi connectivity index (χ2v) is 7.21. The average Bonchev–Trinajstić information content (AvgIpc) is 3.10. The number of nitrogens with one attached hydrogen (secondary N) is 1. The van der Waals surface area contributed by atoms with E-state index in [4.69, 9.17) is 5.73 Å². The summed E-state index contributed by atoms with van der Waals surface area (Å²) >= 11 is 0. The summed E-state index contributed by atoms with van der Waals surface area (Å²) in [4.78, 5) is 24.2. The van der Waals surface area contributed by atoms with Crippen molar-refractivity contribution in [2.75, 3.05) is 5.32 Å².